The Balaban J connectivity index is 2.84. The first-order chi connectivity index (χ1) is 9.14. The summed E-state index contributed by atoms with van der Waals surface area (Å²) in [4.78, 5) is 0. The Bertz CT molecular complexity index is 436. The fourth-order valence-electron chi connectivity index (χ4n) is 2.53. The summed E-state index contributed by atoms with van der Waals surface area (Å²) in [6.45, 7) is 5.27. The average molecular weight is 306 g/mol. The molecular formula is C12H26N4O3S. The van der Waals surface area contributed by atoms with Gasteiger partial charge in [-0.2, -0.15) is 17.9 Å². The van der Waals surface area contributed by atoms with Gasteiger partial charge in [-0.3, -0.25) is 0 Å². The summed E-state index contributed by atoms with van der Waals surface area (Å²) in [5.74, 6) is -0.0209. The van der Waals surface area contributed by atoms with E-state index >= 15 is 0 Å². The lowest BCUT2D eigenvalue weighted by Crippen LogP contribution is -2.55. The normalized spacial score (nSPS) is 20.9. The van der Waals surface area contributed by atoms with Gasteiger partial charge in [0.2, 0.25) is 0 Å². The maximum absolute atomic E-state index is 12.1. The predicted molar refractivity (Wildman–Crippen MR) is 78.7 cm³/mol. The summed E-state index contributed by atoms with van der Waals surface area (Å²) in [6.07, 6.45) is 4.97. The lowest BCUT2D eigenvalue weighted by Gasteiger charge is -2.31. The standard InChI is InChI=1S/C12H26N4O3S/c1-12(2,3)16-20(18,19)15-10(11(13)14-17)9-7-5-4-6-8-9/h9-10,15-17H,4-8H2,1-3H3,(H2,13,14). The van der Waals surface area contributed by atoms with Crippen LogP contribution in [0.4, 0.5) is 0 Å². The number of nitrogens with one attached hydrogen (secondary N) is 2. The molecule has 0 aliphatic heterocycles. The van der Waals surface area contributed by atoms with E-state index in [1.54, 1.807) is 20.8 Å². The highest BCUT2D eigenvalue weighted by Crippen LogP contribution is 2.27. The molecule has 5 N–H and O–H groups in total. The third-order valence-corrected chi connectivity index (χ3v) is 4.72. The minimum atomic E-state index is -3.71. The molecule has 1 rings (SSSR count). The fourth-order valence-corrected chi connectivity index (χ4v) is 4.04. The molecule has 118 valence electrons. The Labute approximate surface area is 121 Å². The first kappa shape index (κ1) is 17.2. The maximum Gasteiger partial charge on any atom is 0.278 e. The Hall–Kier alpha value is -0.860. The molecule has 0 bridgehead atoms. The van der Waals surface area contributed by atoms with E-state index in [2.05, 4.69) is 14.6 Å². The lowest BCUT2D eigenvalue weighted by molar-refractivity contribution is 0.297. The van der Waals surface area contributed by atoms with Crippen LogP contribution in [0.25, 0.3) is 0 Å². The molecule has 0 heterocycles. The number of nitrogens with zero attached hydrogens (tertiary/aromatic N) is 1. The molecular weight excluding hydrogens is 280 g/mol. The predicted octanol–water partition coefficient (Wildman–Crippen LogP) is 0.904. The van der Waals surface area contributed by atoms with Gasteiger partial charge in [0.25, 0.3) is 10.2 Å². The Morgan fingerprint density at radius 2 is 1.85 bits per heavy atom. The minimum absolute atomic E-state index is 0.0659. The first-order valence-electron chi connectivity index (χ1n) is 6.93. The van der Waals surface area contributed by atoms with Crippen LogP contribution in [-0.2, 0) is 10.2 Å². The summed E-state index contributed by atoms with van der Waals surface area (Å²) in [7, 11) is -3.71. The topological polar surface area (TPSA) is 117 Å². The monoisotopic (exact) mass is 306 g/mol. The SMILES string of the molecule is CC(C)(C)NS(=O)(=O)NC(C(N)=NO)C1CCCCC1. The van der Waals surface area contributed by atoms with Crippen LogP contribution in [0.2, 0.25) is 0 Å². The van der Waals surface area contributed by atoms with Crippen molar-refractivity contribution in [2.24, 2.45) is 16.8 Å². The van der Waals surface area contributed by atoms with Gasteiger partial charge in [0, 0.05) is 5.54 Å². The molecule has 0 radical (unpaired) electrons. The third kappa shape index (κ3) is 5.64. The molecule has 1 aliphatic carbocycles. The molecule has 1 aliphatic rings. The van der Waals surface area contributed by atoms with Crippen LogP contribution in [0.3, 0.4) is 0 Å². The van der Waals surface area contributed by atoms with E-state index in [0.717, 1.165) is 32.1 Å². The number of hydrogen-bond donors (Lipinski definition) is 4. The molecule has 20 heavy (non-hydrogen) atoms. The molecule has 0 aromatic carbocycles. The summed E-state index contributed by atoms with van der Waals surface area (Å²) < 4.78 is 29.2. The van der Waals surface area contributed by atoms with Crippen molar-refractivity contribution < 1.29 is 13.6 Å². The molecule has 0 amide bonds. The maximum atomic E-state index is 12.1. The number of hydrogen-bond acceptors (Lipinski definition) is 4. The number of rotatable bonds is 5. The van der Waals surface area contributed by atoms with Crippen LogP contribution in [0.5, 0.6) is 0 Å². The molecule has 7 nitrogen and oxygen atoms in total. The summed E-state index contributed by atoms with van der Waals surface area (Å²) >= 11 is 0. The number of amidine groups is 1. The van der Waals surface area contributed by atoms with Crippen LogP contribution >= 0.6 is 0 Å². The van der Waals surface area contributed by atoms with Gasteiger partial charge in [0.05, 0.1) is 6.04 Å². The Kier molecular flexibility index (Phi) is 5.79. The van der Waals surface area contributed by atoms with E-state index in [0.29, 0.717) is 0 Å². The minimum Gasteiger partial charge on any atom is -0.409 e. The number of oxime groups is 1. The van der Waals surface area contributed by atoms with Crippen molar-refractivity contribution in [1.29, 1.82) is 0 Å². The van der Waals surface area contributed by atoms with Crippen molar-refractivity contribution in [1.82, 2.24) is 9.44 Å². The van der Waals surface area contributed by atoms with Crippen molar-refractivity contribution in [2.45, 2.75) is 64.5 Å². The highest BCUT2D eigenvalue weighted by atomic mass is 32.2. The van der Waals surface area contributed by atoms with Crippen molar-refractivity contribution in [3.63, 3.8) is 0 Å². The molecule has 0 spiro atoms. The van der Waals surface area contributed by atoms with Crippen LogP contribution in [0.15, 0.2) is 5.16 Å². The Morgan fingerprint density at radius 1 is 1.30 bits per heavy atom. The highest BCUT2D eigenvalue weighted by molar-refractivity contribution is 7.87. The molecule has 1 unspecified atom stereocenters. The molecule has 1 saturated carbocycles. The average Bonchev–Trinajstić information content (AvgIpc) is 2.33. The van der Waals surface area contributed by atoms with Crippen LogP contribution in [0.1, 0.15) is 52.9 Å². The summed E-state index contributed by atoms with van der Waals surface area (Å²) in [5.41, 5.74) is 5.08. The summed E-state index contributed by atoms with van der Waals surface area (Å²) in [6, 6.07) is -0.667. The van der Waals surface area contributed by atoms with Gasteiger partial charge in [-0.1, -0.05) is 24.4 Å². The Morgan fingerprint density at radius 3 is 2.30 bits per heavy atom. The van der Waals surface area contributed by atoms with Gasteiger partial charge in [-0.25, -0.2) is 0 Å². The zero-order valence-electron chi connectivity index (χ0n) is 12.4. The second-order valence-electron chi connectivity index (χ2n) is 6.37. The van der Waals surface area contributed by atoms with Crippen molar-refractivity contribution >= 4 is 16.0 Å². The largest absolute Gasteiger partial charge is 0.409 e. The van der Waals surface area contributed by atoms with Crippen molar-refractivity contribution in [2.75, 3.05) is 0 Å². The van der Waals surface area contributed by atoms with E-state index in [1.807, 2.05) is 0 Å². The third-order valence-electron chi connectivity index (χ3n) is 3.28. The van der Waals surface area contributed by atoms with E-state index in [9.17, 15) is 8.42 Å². The van der Waals surface area contributed by atoms with Gasteiger partial charge >= 0.3 is 0 Å². The zero-order valence-corrected chi connectivity index (χ0v) is 13.2. The molecule has 0 aromatic rings. The van der Waals surface area contributed by atoms with Gasteiger partial charge in [-0.15, -0.1) is 0 Å². The van der Waals surface area contributed by atoms with Gasteiger partial charge in [-0.05, 0) is 39.5 Å². The molecule has 8 heteroatoms. The van der Waals surface area contributed by atoms with Crippen LogP contribution in [-0.4, -0.2) is 31.0 Å². The van der Waals surface area contributed by atoms with Gasteiger partial charge in [0.1, 0.15) is 0 Å². The summed E-state index contributed by atoms with van der Waals surface area (Å²) in [5, 5.41) is 11.9. The van der Waals surface area contributed by atoms with Crippen molar-refractivity contribution in [3.05, 3.63) is 0 Å². The lowest BCUT2D eigenvalue weighted by atomic mass is 9.84. The smallest absolute Gasteiger partial charge is 0.278 e. The van der Waals surface area contributed by atoms with E-state index in [-0.39, 0.29) is 11.8 Å². The van der Waals surface area contributed by atoms with Crippen LogP contribution in [0, 0.1) is 5.92 Å². The molecule has 0 aromatic heterocycles. The van der Waals surface area contributed by atoms with Crippen LogP contribution < -0.4 is 15.2 Å². The van der Waals surface area contributed by atoms with E-state index in [4.69, 9.17) is 10.9 Å². The van der Waals surface area contributed by atoms with E-state index in [1.165, 1.54) is 0 Å². The van der Waals surface area contributed by atoms with Gasteiger partial charge < -0.3 is 10.9 Å². The highest BCUT2D eigenvalue weighted by Gasteiger charge is 2.32. The molecule has 0 saturated heterocycles. The molecule has 1 atom stereocenters. The van der Waals surface area contributed by atoms with Gasteiger partial charge in [0.15, 0.2) is 5.84 Å². The number of nitrogens with two attached hydrogens (primary N) is 1. The quantitative estimate of drug-likeness (QED) is 0.261. The van der Waals surface area contributed by atoms with Crippen molar-refractivity contribution in [3.8, 4) is 0 Å². The second-order valence-corrected chi connectivity index (χ2v) is 7.82. The van der Waals surface area contributed by atoms with E-state index < -0.39 is 21.8 Å². The second kappa shape index (κ2) is 6.73. The first-order valence-corrected chi connectivity index (χ1v) is 8.41. The zero-order chi connectivity index (χ0) is 15.4. The molecule has 1 fully saturated rings. The fraction of sp³-hybridized carbons (Fsp3) is 0.917.